The lowest BCUT2D eigenvalue weighted by Crippen LogP contribution is -2.60. The SMILES string of the molecule is C[C@H](NC(=O)CNC(=O)[C@H](COC(C)(C)C)NC(=O)[C@H](COC(C)(C)C)NC(=O)[C@@H]1CCCN1C(=O)CN)C(=O)N1CCC[C@H]1C(=O)N1CCC[C@H]1C(=O)N1CCC[C@H]1C(=O)N[C@@H](COC(C)(C)C)C(N)=O.O=C(O)C(F)(F)F. The Morgan fingerprint density at radius 3 is 1.35 bits per heavy atom. The average molecular weight is 1130 g/mol. The minimum atomic E-state index is -5.08. The molecular formula is C50H82F3N11O15. The lowest BCUT2D eigenvalue weighted by Gasteiger charge is -2.34. The van der Waals surface area contributed by atoms with Crippen LogP contribution in [0.25, 0.3) is 0 Å². The van der Waals surface area contributed by atoms with E-state index in [1.54, 1.807) is 62.3 Å². The molecule has 448 valence electrons. The van der Waals surface area contributed by atoms with Gasteiger partial charge in [0, 0.05) is 26.2 Å². The van der Waals surface area contributed by atoms with Gasteiger partial charge in [0.2, 0.25) is 59.1 Å². The summed E-state index contributed by atoms with van der Waals surface area (Å²) < 4.78 is 49.1. The summed E-state index contributed by atoms with van der Waals surface area (Å²) in [4.78, 5) is 149. The van der Waals surface area contributed by atoms with E-state index < -0.39 is 143 Å². The molecule has 4 saturated heterocycles. The van der Waals surface area contributed by atoms with Gasteiger partial charge in [0.15, 0.2) is 0 Å². The Labute approximate surface area is 457 Å². The van der Waals surface area contributed by atoms with Crippen LogP contribution in [0, 0.1) is 0 Å². The van der Waals surface area contributed by atoms with E-state index in [0.29, 0.717) is 57.9 Å². The summed E-state index contributed by atoms with van der Waals surface area (Å²) in [6.07, 6.45) is -1.59. The normalized spacial score (nSPS) is 21.2. The number of ether oxygens (including phenoxy) is 3. The molecule has 79 heavy (non-hydrogen) atoms. The van der Waals surface area contributed by atoms with Crippen LogP contribution in [0.2, 0.25) is 0 Å². The lowest BCUT2D eigenvalue weighted by molar-refractivity contribution is -0.192. The van der Waals surface area contributed by atoms with E-state index in [0.717, 1.165) is 0 Å². The monoisotopic (exact) mass is 1130 g/mol. The molecule has 10 N–H and O–H groups in total. The fourth-order valence-electron chi connectivity index (χ4n) is 8.98. The zero-order valence-corrected chi connectivity index (χ0v) is 46.9. The van der Waals surface area contributed by atoms with Gasteiger partial charge in [-0.2, -0.15) is 13.2 Å². The molecule has 0 unspecified atom stereocenters. The third-order valence-electron chi connectivity index (χ3n) is 12.9. The summed E-state index contributed by atoms with van der Waals surface area (Å²) in [6, 6.07) is -8.44. The van der Waals surface area contributed by atoms with Crippen LogP contribution in [0.5, 0.6) is 0 Å². The summed E-state index contributed by atoms with van der Waals surface area (Å²) in [5, 5.41) is 20.1. The number of primary amides is 1. The number of aliphatic carboxylic acids is 1. The molecule has 0 aromatic heterocycles. The fraction of sp³-hybridized carbons (Fsp3) is 0.780. The molecule has 10 amide bonds. The van der Waals surface area contributed by atoms with Gasteiger partial charge in [-0.25, -0.2) is 4.79 Å². The molecule has 0 aliphatic carbocycles. The molecule has 0 spiro atoms. The molecule has 0 bridgehead atoms. The van der Waals surface area contributed by atoms with Crippen molar-refractivity contribution < 1.29 is 85.2 Å². The van der Waals surface area contributed by atoms with E-state index in [2.05, 4.69) is 26.6 Å². The van der Waals surface area contributed by atoms with Crippen molar-refractivity contribution in [1.29, 1.82) is 0 Å². The third kappa shape index (κ3) is 21.1. The second-order valence-electron chi connectivity index (χ2n) is 22.7. The van der Waals surface area contributed by atoms with Crippen LogP contribution in [0.4, 0.5) is 13.2 Å². The molecule has 4 aliphatic rings. The molecule has 0 radical (unpaired) electrons. The smallest absolute Gasteiger partial charge is 0.475 e. The number of hydrogen-bond acceptors (Lipinski definition) is 15. The molecule has 26 nitrogen and oxygen atoms in total. The number of hydrogen-bond donors (Lipinski definition) is 8. The molecule has 29 heteroatoms. The predicted octanol–water partition coefficient (Wildman–Crippen LogP) is -1.45. The van der Waals surface area contributed by atoms with Crippen LogP contribution in [-0.4, -0.2) is 220 Å². The second-order valence-corrected chi connectivity index (χ2v) is 22.7. The molecule has 8 atom stereocenters. The molecule has 0 saturated carbocycles. The number of carbonyl (C=O) groups excluding carboxylic acids is 10. The Bertz CT molecular complexity index is 2220. The number of amides is 10. The molecule has 4 rings (SSSR count). The Hall–Kier alpha value is -6.20. The van der Waals surface area contributed by atoms with Crippen molar-refractivity contribution >= 4 is 65.0 Å². The Morgan fingerprint density at radius 2 is 0.924 bits per heavy atom. The van der Waals surface area contributed by atoms with E-state index in [1.165, 1.54) is 26.5 Å². The largest absolute Gasteiger partial charge is 0.490 e. The third-order valence-corrected chi connectivity index (χ3v) is 12.9. The first-order valence-electron chi connectivity index (χ1n) is 26.4. The number of nitrogens with zero attached hydrogens (tertiary/aromatic N) is 4. The number of carboxylic acid groups (broad SMARTS) is 1. The highest BCUT2D eigenvalue weighted by atomic mass is 19.4. The van der Waals surface area contributed by atoms with Gasteiger partial charge in [-0.1, -0.05) is 0 Å². The number of halogens is 3. The van der Waals surface area contributed by atoms with Crippen molar-refractivity contribution in [2.45, 2.75) is 192 Å². The highest BCUT2D eigenvalue weighted by Crippen LogP contribution is 2.29. The van der Waals surface area contributed by atoms with Gasteiger partial charge in [-0.3, -0.25) is 47.9 Å². The fourth-order valence-corrected chi connectivity index (χ4v) is 8.98. The molecule has 4 heterocycles. The van der Waals surface area contributed by atoms with Gasteiger partial charge >= 0.3 is 12.1 Å². The molecule has 4 aliphatic heterocycles. The van der Waals surface area contributed by atoms with Gasteiger partial charge in [0.05, 0.1) is 49.7 Å². The number of carbonyl (C=O) groups is 11. The van der Waals surface area contributed by atoms with Gasteiger partial charge in [0.25, 0.3) is 0 Å². The number of nitrogens with one attached hydrogen (secondary N) is 5. The Kier molecular flexibility index (Phi) is 24.4. The van der Waals surface area contributed by atoms with Gasteiger partial charge in [-0.15, -0.1) is 0 Å². The lowest BCUT2D eigenvalue weighted by atomic mass is 10.1. The molecule has 0 aromatic rings. The van der Waals surface area contributed by atoms with Crippen LogP contribution >= 0.6 is 0 Å². The van der Waals surface area contributed by atoms with E-state index in [1.807, 2.05) is 0 Å². The van der Waals surface area contributed by atoms with Gasteiger partial charge in [0.1, 0.15) is 48.3 Å². The summed E-state index contributed by atoms with van der Waals surface area (Å²) in [6.45, 7) is 16.8. The van der Waals surface area contributed by atoms with Crippen LogP contribution in [0.3, 0.4) is 0 Å². The summed E-state index contributed by atoms with van der Waals surface area (Å²) in [7, 11) is 0. The van der Waals surface area contributed by atoms with Gasteiger partial charge < -0.3 is 77.0 Å². The van der Waals surface area contributed by atoms with Crippen LogP contribution < -0.4 is 38.1 Å². The second kappa shape index (κ2) is 28.8. The van der Waals surface area contributed by atoms with Crippen molar-refractivity contribution in [3.05, 3.63) is 0 Å². The first kappa shape index (κ1) is 67.1. The number of alkyl halides is 3. The summed E-state index contributed by atoms with van der Waals surface area (Å²) in [5.41, 5.74) is 9.05. The average Bonchev–Trinajstić information content (AvgIpc) is 4.21. The summed E-state index contributed by atoms with van der Waals surface area (Å²) >= 11 is 0. The van der Waals surface area contributed by atoms with Crippen molar-refractivity contribution in [3.8, 4) is 0 Å². The minimum Gasteiger partial charge on any atom is -0.475 e. The van der Waals surface area contributed by atoms with Crippen LogP contribution in [0.1, 0.15) is 121 Å². The molecular weight excluding hydrogens is 1050 g/mol. The highest BCUT2D eigenvalue weighted by Gasteiger charge is 2.47. The standard InChI is InChI=1S/C48H81N11O13.C2HF3O2/c1-28(43(67)58-21-13-17-34(58)45(69)59-22-14-18-35(59)44(68)57-20-12-16-33(57)42(66)53-29(38(50)62)25-70-46(2,3)4)52-36(60)24-51-39(63)30(26-71-47(5,6)7)54-40(64)31(27-72-48(8,9)10)55-41(65)32-15-11-19-56(32)37(61)23-49;3-2(4,5)1(6)7/h28-35H,11-27,49H2,1-10H3,(H2,50,62)(H,51,63)(H,52,60)(H,53,66)(H,54,64)(H,55,65);(H,6,7)/t28-,29-,30-,31-,32-,33-,34-,35-;/m0./s1. The number of likely N-dealkylation sites (tertiary alicyclic amines) is 4. The predicted molar refractivity (Wildman–Crippen MR) is 274 cm³/mol. The first-order chi connectivity index (χ1) is 36.5. The maximum absolute atomic E-state index is 14.2. The quantitative estimate of drug-likeness (QED) is 0.0652. The number of nitrogens with two attached hydrogens (primary N) is 2. The molecule has 4 fully saturated rings. The van der Waals surface area contributed by atoms with Crippen LogP contribution in [-0.2, 0) is 67.0 Å². The van der Waals surface area contributed by atoms with E-state index in [9.17, 15) is 61.1 Å². The van der Waals surface area contributed by atoms with Crippen molar-refractivity contribution in [1.82, 2.24) is 46.2 Å². The minimum absolute atomic E-state index is 0.149. The number of rotatable bonds is 21. The Morgan fingerprint density at radius 1 is 0.557 bits per heavy atom. The maximum Gasteiger partial charge on any atom is 0.490 e. The maximum atomic E-state index is 14.2. The number of carboxylic acids is 1. The van der Waals surface area contributed by atoms with Crippen LogP contribution in [0.15, 0.2) is 0 Å². The topological polar surface area (TPSA) is 361 Å². The summed E-state index contributed by atoms with van der Waals surface area (Å²) in [5.74, 6) is -8.80. The van der Waals surface area contributed by atoms with Crippen molar-refractivity contribution in [2.75, 3.05) is 59.1 Å². The zero-order chi connectivity index (χ0) is 60.0. The van der Waals surface area contributed by atoms with Gasteiger partial charge in [-0.05, 0) is 121 Å². The van der Waals surface area contributed by atoms with E-state index in [4.69, 9.17) is 35.6 Å². The molecule has 0 aromatic carbocycles. The van der Waals surface area contributed by atoms with E-state index in [-0.39, 0.29) is 46.0 Å². The van der Waals surface area contributed by atoms with Crippen molar-refractivity contribution in [2.24, 2.45) is 11.5 Å². The van der Waals surface area contributed by atoms with E-state index >= 15 is 0 Å². The Balaban J connectivity index is 0.00000219. The zero-order valence-electron chi connectivity index (χ0n) is 46.9. The van der Waals surface area contributed by atoms with Crippen molar-refractivity contribution in [3.63, 3.8) is 0 Å². The first-order valence-corrected chi connectivity index (χ1v) is 26.4. The highest BCUT2D eigenvalue weighted by molar-refractivity contribution is 5.98.